The van der Waals surface area contributed by atoms with E-state index in [1.54, 1.807) is 24.3 Å². The van der Waals surface area contributed by atoms with Gasteiger partial charge in [-0.2, -0.15) is 0 Å². The predicted molar refractivity (Wildman–Crippen MR) is 64.0 cm³/mol. The van der Waals surface area contributed by atoms with E-state index in [4.69, 9.17) is 0 Å². The summed E-state index contributed by atoms with van der Waals surface area (Å²) in [6.45, 7) is 0. The van der Waals surface area contributed by atoms with Crippen LogP contribution < -0.4 is 0 Å². The highest BCUT2D eigenvalue weighted by Gasteiger charge is 2.30. The predicted octanol–water partition coefficient (Wildman–Crippen LogP) is 2.07. The van der Waals surface area contributed by atoms with Crippen LogP contribution >= 0.6 is 0 Å². The lowest BCUT2D eigenvalue weighted by Crippen LogP contribution is -2.22. The summed E-state index contributed by atoms with van der Waals surface area (Å²) in [6, 6.07) is 12.3. The van der Waals surface area contributed by atoms with Crippen LogP contribution in [0.1, 0.15) is 42.2 Å². The van der Waals surface area contributed by atoms with E-state index in [1.807, 2.05) is 0 Å². The van der Waals surface area contributed by atoms with Crippen LogP contribution in [0.3, 0.4) is 0 Å². The molecule has 0 bridgehead atoms. The highest BCUT2D eigenvalue weighted by Crippen LogP contribution is 2.28. The maximum absolute atomic E-state index is 12.3. The molecule has 3 nitrogen and oxygen atoms in total. The fourth-order valence-corrected chi connectivity index (χ4v) is 2.20. The molecule has 3 heteroatoms. The number of fused-ring (bicyclic) bond motifs is 2. The van der Waals surface area contributed by atoms with Crippen LogP contribution in [0.2, 0.25) is 0 Å². The number of ketones is 2. The molecular weight excluding hydrogens is 228 g/mol. The Bertz CT molecular complexity index is 699. The summed E-state index contributed by atoms with van der Waals surface area (Å²) in [5.41, 5.74) is 1.31. The smallest absolute Gasteiger partial charge is 0.195 e. The molecule has 0 heterocycles. The van der Waals surface area contributed by atoms with Crippen LogP contribution in [0, 0.1) is 6.07 Å². The van der Waals surface area contributed by atoms with Crippen LogP contribution in [-0.2, 0) is 0 Å². The first kappa shape index (κ1) is 10.6. The van der Waals surface area contributed by atoms with Crippen molar-refractivity contribution in [3.05, 3.63) is 70.3 Å². The monoisotopic (exact) mass is 235 g/mol. The molecule has 3 rings (SSSR count). The van der Waals surface area contributed by atoms with Gasteiger partial charge in [0, 0.05) is 27.8 Å². The van der Waals surface area contributed by atoms with Gasteiger partial charge in [0.2, 0.25) is 0 Å². The van der Waals surface area contributed by atoms with Crippen molar-refractivity contribution in [1.82, 2.24) is 0 Å². The number of benzene rings is 2. The molecule has 0 spiro atoms. The van der Waals surface area contributed by atoms with Crippen molar-refractivity contribution in [2.45, 2.75) is 0 Å². The minimum Gasteiger partial charge on any atom is -0.298 e. The van der Waals surface area contributed by atoms with Gasteiger partial charge in [0.1, 0.15) is 0 Å². The van der Waals surface area contributed by atoms with Crippen LogP contribution in [0.4, 0.5) is 0 Å². The molecule has 1 aliphatic carbocycles. The molecule has 0 unspecified atom stereocenters. The van der Waals surface area contributed by atoms with E-state index in [2.05, 4.69) is 6.07 Å². The van der Waals surface area contributed by atoms with Gasteiger partial charge in [-0.15, -0.1) is 0 Å². The Morgan fingerprint density at radius 1 is 0.889 bits per heavy atom. The molecule has 2 aromatic carbocycles. The summed E-state index contributed by atoms with van der Waals surface area (Å²) in [6.07, 6.45) is 0.554. The second-order valence-electron chi connectivity index (χ2n) is 4.00. The maximum atomic E-state index is 12.3. The third kappa shape index (κ3) is 1.27. The third-order valence-corrected chi connectivity index (χ3v) is 3.03. The van der Waals surface area contributed by atoms with E-state index in [0.717, 1.165) is 0 Å². The van der Waals surface area contributed by atoms with E-state index < -0.39 is 0 Å². The number of carbonyl (C=O) groups is 3. The molecule has 0 aliphatic heterocycles. The standard InChI is InChI=1S/C15H7O3/c16-8-9-4-3-7-12-13(9)15(18)11-6-2-1-5-10(11)14(12)17/h1-3,5-8H. The first-order valence-electron chi connectivity index (χ1n) is 5.42. The molecule has 2 aromatic rings. The minimum absolute atomic E-state index is 0.139. The normalized spacial score (nSPS) is 12.9. The highest BCUT2D eigenvalue weighted by atomic mass is 16.1. The van der Waals surface area contributed by atoms with E-state index in [0.29, 0.717) is 17.4 Å². The maximum Gasteiger partial charge on any atom is 0.195 e. The number of hydrogen-bond acceptors (Lipinski definition) is 3. The number of aldehydes is 1. The summed E-state index contributed by atoms with van der Waals surface area (Å²) < 4.78 is 0. The van der Waals surface area contributed by atoms with Gasteiger partial charge in [0.05, 0.1) is 0 Å². The number of rotatable bonds is 1. The zero-order valence-corrected chi connectivity index (χ0v) is 9.27. The quantitative estimate of drug-likeness (QED) is 0.607. The van der Waals surface area contributed by atoms with Gasteiger partial charge in [-0.1, -0.05) is 30.3 Å². The molecule has 0 fully saturated rings. The molecule has 0 aromatic heterocycles. The van der Waals surface area contributed by atoms with Crippen molar-refractivity contribution >= 4 is 17.9 Å². The summed E-state index contributed by atoms with van der Waals surface area (Å²) >= 11 is 0. The zero-order chi connectivity index (χ0) is 12.7. The molecule has 0 saturated carbocycles. The fourth-order valence-electron chi connectivity index (χ4n) is 2.20. The Kier molecular flexibility index (Phi) is 2.20. The lowest BCUT2D eigenvalue weighted by Gasteiger charge is -2.17. The molecule has 0 amide bonds. The van der Waals surface area contributed by atoms with Gasteiger partial charge < -0.3 is 0 Å². The SMILES string of the molecule is O=Cc1[c]ccc2c1C(=O)c1ccccc1C2=O. The zero-order valence-electron chi connectivity index (χ0n) is 9.27. The van der Waals surface area contributed by atoms with Gasteiger partial charge >= 0.3 is 0 Å². The molecule has 0 atom stereocenters. The summed E-state index contributed by atoms with van der Waals surface area (Å²) in [4.78, 5) is 35.5. The van der Waals surface area contributed by atoms with Crippen molar-refractivity contribution < 1.29 is 14.4 Å². The second-order valence-corrected chi connectivity index (χ2v) is 4.00. The lowest BCUT2D eigenvalue weighted by atomic mass is 9.82. The van der Waals surface area contributed by atoms with Crippen molar-refractivity contribution in [1.29, 1.82) is 0 Å². The molecule has 1 aliphatic rings. The molecule has 18 heavy (non-hydrogen) atoms. The second kappa shape index (κ2) is 3.74. The number of carbonyl (C=O) groups excluding carboxylic acids is 3. The van der Waals surface area contributed by atoms with E-state index in [9.17, 15) is 14.4 Å². The topological polar surface area (TPSA) is 51.2 Å². The van der Waals surface area contributed by atoms with Crippen molar-refractivity contribution in [2.75, 3.05) is 0 Å². The fraction of sp³-hybridized carbons (Fsp3) is 0. The Labute approximate surface area is 103 Å². The summed E-state index contributed by atoms with van der Waals surface area (Å²) in [5, 5.41) is 0. The van der Waals surface area contributed by atoms with Crippen molar-refractivity contribution in [2.24, 2.45) is 0 Å². The average molecular weight is 235 g/mol. The first-order chi connectivity index (χ1) is 8.74. The van der Waals surface area contributed by atoms with Crippen LogP contribution in [0.15, 0.2) is 36.4 Å². The van der Waals surface area contributed by atoms with Gasteiger partial charge in [-0.3, -0.25) is 14.4 Å². The third-order valence-electron chi connectivity index (χ3n) is 3.03. The Hall–Kier alpha value is -2.55. The summed E-state index contributed by atoms with van der Waals surface area (Å²) in [5.74, 6) is -0.517. The van der Waals surface area contributed by atoms with Gasteiger partial charge in [0.15, 0.2) is 17.9 Å². The highest BCUT2D eigenvalue weighted by molar-refractivity contribution is 6.29. The van der Waals surface area contributed by atoms with Crippen molar-refractivity contribution in [3.8, 4) is 0 Å². The van der Waals surface area contributed by atoms with Crippen LogP contribution in [0.25, 0.3) is 0 Å². The molecule has 85 valence electrons. The van der Waals surface area contributed by atoms with E-state index >= 15 is 0 Å². The largest absolute Gasteiger partial charge is 0.298 e. The van der Waals surface area contributed by atoms with Crippen molar-refractivity contribution in [3.63, 3.8) is 0 Å². The Morgan fingerprint density at radius 2 is 1.56 bits per heavy atom. The molecule has 1 radical (unpaired) electrons. The molecule has 0 saturated heterocycles. The minimum atomic E-state index is -0.292. The van der Waals surface area contributed by atoms with Crippen LogP contribution in [-0.4, -0.2) is 17.9 Å². The van der Waals surface area contributed by atoms with Gasteiger partial charge in [-0.05, 0) is 12.1 Å². The Morgan fingerprint density at radius 3 is 2.22 bits per heavy atom. The van der Waals surface area contributed by atoms with Gasteiger partial charge in [-0.25, -0.2) is 0 Å². The lowest BCUT2D eigenvalue weighted by molar-refractivity contribution is 0.0976. The van der Waals surface area contributed by atoms with E-state index in [1.165, 1.54) is 12.1 Å². The van der Waals surface area contributed by atoms with E-state index in [-0.39, 0.29) is 28.3 Å². The number of hydrogen-bond donors (Lipinski definition) is 0. The molecule has 0 N–H and O–H groups in total. The van der Waals surface area contributed by atoms with Crippen LogP contribution in [0.5, 0.6) is 0 Å². The average Bonchev–Trinajstić information content (AvgIpc) is 2.44. The Balaban J connectivity index is 2.37. The first-order valence-corrected chi connectivity index (χ1v) is 5.42. The summed E-state index contributed by atoms with van der Waals surface area (Å²) in [7, 11) is 0. The molecular formula is C15H7O3. The van der Waals surface area contributed by atoms with Gasteiger partial charge in [0.25, 0.3) is 0 Å².